The minimum Gasteiger partial charge on any atom is -0.508 e. The number of cyclic esters (lactones) is 1. The minimum absolute atomic E-state index is 0.110. The normalized spacial score (nSPS) is 19.0. The molecule has 4 heterocycles. The van der Waals surface area contributed by atoms with E-state index in [1.807, 2.05) is 6.07 Å². The number of benzene rings is 1. The maximum absolute atomic E-state index is 13.0. The van der Waals surface area contributed by atoms with Crippen LogP contribution >= 0.6 is 0 Å². The molecule has 2 aliphatic heterocycles. The van der Waals surface area contributed by atoms with E-state index in [2.05, 4.69) is 4.98 Å². The van der Waals surface area contributed by atoms with Gasteiger partial charge in [-0.05, 0) is 36.8 Å². The van der Waals surface area contributed by atoms with E-state index in [4.69, 9.17) is 9.84 Å². The molecule has 0 radical (unpaired) electrons. The van der Waals surface area contributed by atoms with Crippen molar-refractivity contribution in [1.82, 2.24) is 9.55 Å². The summed E-state index contributed by atoms with van der Waals surface area (Å²) in [5.41, 5.74) is 1.25. The van der Waals surface area contributed by atoms with Crippen LogP contribution in [-0.4, -0.2) is 37.9 Å². The second kappa shape index (κ2) is 6.68. The van der Waals surface area contributed by atoms with Gasteiger partial charge in [0.05, 0.1) is 29.0 Å². The van der Waals surface area contributed by atoms with Crippen LogP contribution in [0.1, 0.15) is 30.0 Å². The van der Waals surface area contributed by atoms with Crippen LogP contribution in [0.15, 0.2) is 35.1 Å². The van der Waals surface area contributed by atoms with Crippen molar-refractivity contribution in [3.63, 3.8) is 0 Å². The van der Waals surface area contributed by atoms with E-state index in [9.17, 15) is 19.8 Å². The summed E-state index contributed by atoms with van der Waals surface area (Å²) < 4.78 is 6.65. The number of nitrogens with zero attached hydrogens (tertiary/aromatic N) is 2. The molecule has 3 aromatic rings. The number of hydrogen-bond acceptors (Lipinski definition) is 7. The third-order valence-corrected chi connectivity index (χ3v) is 5.49. The second-order valence-corrected chi connectivity index (χ2v) is 6.98. The predicted octanol–water partition coefficient (Wildman–Crippen LogP) is 1.39. The second-order valence-electron chi connectivity index (χ2n) is 6.98. The van der Waals surface area contributed by atoms with Gasteiger partial charge in [0.1, 0.15) is 12.4 Å². The Hall–Kier alpha value is -3.23. The number of aromatic nitrogens is 2. The SMILES string of the molecule is CCC1(O)C(=O)OCc2c1cc1n(c2=O)Cc2cc3cc(O)ccc3nc2-1.CO. The highest BCUT2D eigenvalue weighted by atomic mass is 16.6. The van der Waals surface area contributed by atoms with Gasteiger partial charge in [0.15, 0.2) is 5.60 Å². The molecular formula is C21H20N2O6. The van der Waals surface area contributed by atoms with E-state index in [1.165, 1.54) is 0 Å². The predicted molar refractivity (Wildman–Crippen MR) is 104 cm³/mol. The molecule has 29 heavy (non-hydrogen) atoms. The number of carbonyl (C=O) groups is 1. The number of phenolic OH excluding ortho intramolecular Hbond substituents is 1. The lowest BCUT2D eigenvalue weighted by molar-refractivity contribution is -0.172. The number of phenols is 1. The Bertz CT molecular complexity index is 1220. The van der Waals surface area contributed by atoms with Gasteiger partial charge in [-0.3, -0.25) is 4.79 Å². The first-order valence-electron chi connectivity index (χ1n) is 9.17. The number of esters is 1. The molecule has 1 atom stereocenters. The lowest BCUT2D eigenvalue weighted by atomic mass is 9.86. The number of rotatable bonds is 1. The van der Waals surface area contributed by atoms with E-state index in [0.29, 0.717) is 34.6 Å². The summed E-state index contributed by atoms with van der Waals surface area (Å²) in [5.74, 6) is -0.585. The number of aliphatic hydroxyl groups is 2. The minimum atomic E-state index is -1.83. The largest absolute Gasteiger partial charge is 0.508 e. The monoisotopic (exact) mass is 396 g/mol. The molecule has 1 aromatic carbocycles. The zero-order valence-corrected chi connectivity index (χ0v) is 16.0. The number of carbonyl (C=O) groups excluding carboxylic acids is 1. The lowest BCUT2D eigenvalue weighted by Gasteiger charge is -2.31. The van der Waals surface area contributed by atoms with Gasteiger partial charge in [0.2, 0.25) is 0 Å². The van der Waals surface area contributed by atoms with E-state index in [1.54, 1.807) is 35.8 Å². The number of fused-ring (bicyclic) bond motifs is 5. The topological polar surface area (TPSA) is 122 Å². The summed E-state index contributed by atoms with van der Waals surface area (Å²) in [6.07, 6.45) is 0.110. The zero-order valence-electron chi connectivity index (χ0n) is 16.0. The molecule has 3 N–H and O–H groups in total. The Morgan fingerprint density at radius 2 is 1.97 bits per heavy atom. The third kappa shape index (κ3) is 2.64. The Balaban J connectivity index is 0.000000994. The molecule has 2 aliphatic rings. The van der Waals surface area contributed by atoms with Crippen molar-refractivity contribution >= 4 is 16.9 Å². The maximum Gasteiger partial charge on any atom is 0.343 e. The van der Waals surface area contributed by atoms with Crippen LogP contribution < -0.4 is 5.56 Å². The molecule has 2 aromatic heterocycles. The van der Waals surface area contributed by atoms with Crippen molar-refractivity contribution in [2.75, 3.05) is 7.11 Å². The first-order valence-corrected chi connectivity index (χ1v) is 9.17. The number of hydrogen-bond donors (Lipinski definition) is 3. The van der Waals surface area contributed by atoms with Crippen LogP contribution in [0.25, 0.3) is 22.3 Å². The van der Waals surface area contributed by atoms with Crippen molar-refractivity contribution in [3.05, 3.63) is 57.4 Å². The van der Waals surface area contributed by atoms with E-state index >= 15 is 0 Å². The smallest absolute Gasteiger partial charge is 0.343 e. The summed E-state index contributed by atoms with van der Waals surface area (Å²) in [5, 5.41) is 28.3. The summed E-state index contributed by atoms with van der Waals surface area (Å²) in [4.78, 5) is 29.8. The van der Waals surface area contributed by atoms with Crippen LogP contribution in [0.3, 0.4) is 0 Å². The molecule has 0 saturated heterocycles. The Kier molecular flexibility index (Phi) is 4.40. The lowest BCUT2D eigenvalue weighted by Crippen LogP contribution is -2.44. The van der Waals surface area contributed by atoms with Gasteiger partial charge < -0.3 is 24.6 Å². The van der Waals surface area contributed by atoms with Crippen LogP contribution in [0.5, 0.6) is 5.75 Å². The first-order chi connectivity index (χ1) is 13.9. The molecular weight excluding hydrogens is 376 g/mol. The fourth-order valence-corrected chi connectivity index (χ4v) is 3.97. The van der Waals surface area contributed by atoms with Crippen molar-refractivity contribution in [2.45, 2.75) is 32.1 Å². The summed E-state index contributed by atoms with van der Waals surface area (Å²) in [7, 11) is 1.00. The van der Waals surface area contributed by atoms with Gasteiger partial charge in [-0.25, -0.2) is 9.78 Å². The Morgan fingerprint density at radius 1 is 1.21 bits per heavy atom. The van der Waals surface area contributed by atoms with Gasteiger partial charge in [0.25, 0.3) is 5.56 Å². The standard InChI is InChI=1S/C20H16N2O5.CH4O/c1-2-20(26)14-7-16-17-11(5-10-6-12(23)3-4-15(10)21-17)8-22(16)18(24)13(14)9-27-19(20)25;1-2/h3-7,23,26H,2,8-9H2,1H3;2H,1H3. The summed E-state index contributed by atoms with van der Waals surface area (Å²) >= 11 is 0. The highest BCUT2D eigenvalue weighted by Crippen LogP contribution is 2.38. The molecule has 0 spiro atoms. The highest BCUT2D eigenvalue weighted by molar-refractivity contribution is 5.86. The van der Waals surface area contributed by atoms with Gasteiger partial charge in [-0.1, -0.05) is 6.92 Å². The molecule has 150 valence electrons. The third-order valence-electron chi connectivity index (χ3n) is 5.49. The van der Waals surface area contributed by atoms with Crippen LogP contribution in [0.4, 0.5) is 0 Å². The van der Waals surface area contributed by atoms with Crippen molar-refractivity contribution in [2.24, 2.45) is 0 Å². The van der Waals surface area contributed by atoms with Gasteiger partial charge in [0, 0.05) is 23.6 Å². The fraction of sp³-hybridized carbons (Fsp3) is 0.286. The molecule has 0 saturated carbocycles. The first kappa shape index (κ1) is 19.1. The molecule has 0 amide bonds. The average molecular weight is 396 g/mol. The molecule has 8 nitrogen and oxygen atoms in total. The quantitative estimate of drug-likeness (QED) is 0.416. The van der Waals surface area contributed by atoms with Gasteiger partial charge >= 0.3 is 5.97 Å². The summed E-state index contributed by atoms with van der Waals surface area (Å²) in [6, 6.07) is 8.48. The number of ether oxygens (including phenoxy) is 1. The van der Waals surface area contributed by atoms with E-state index in [0.717, 1.165) is 18.1 Å². The van der Waals surface area contributed by atoms with Crippen molar-refractivity contribution in [3.8, 4) is 17.1 Å². The van der Waals surface area contributed by atoms with Gasteiger partial charge in [-0.2, -0.15) is 0 Å². The number of aliphatic hydroxyl groups excluding tert-OH is 1. The number of pyridine rings is 2. The van der Waals surface area contributed by atoms with E-state index in [-0.39, 0.29) is 24.3 Å². The summed E-state index contributed by atoms with van der Waals surface area (Å²) in [6.45, 7) is 1.87. The van der Waals surface area contributed by atoms with Crippen molar-refractivity contribution in [1.29, 1.82) is 0 Å². The van der Waals surface area contributed by atoms with Crippen LogP contribution in [0.2, 0.25) is 0 Å². The molecule has 0 fully saturated rings. The van der Waals surface area contributed by atoms with Gasteiger partial charge in [-0.15, -0.1) is 0 Å². The van der Waals surface area contributed by atoms with E-state index < -0.39 is 11.6 Å². The average Bonchev–Trinajstić information content (AvgIpc) is 3.09. The fourth-order valence-electron chi connectivity index (χ4n) is 3.97. The maximum atomic E-state index is 13.0. The van der Waals surface area contributed by atoms with Crippen molar-refractivity contribution < 1.29 is 24.9 Å². The molecule has 5 rings (SSSR count). The van der Waals surface area contributed by atoms with Crippen LogP contribution in [-0.2, 0) is 28.3 Å². The van der Waals surface area contributed by atoms with Crippen LogP contribution in [0, 0.1) is 0 Å². The molecule has 0 bridgehead atoms. The molecule has 1 unspecified atom stereocenters. The Morgan fingerprint density at radius 3 is 2.69 bits per heavy atom. The highest BCUT2D eigenvalue weighted by Gasteiger charge is 2.45. The Labute approximate surface area is 165 Å². The molecule has 0 aliphatic carbocycles. The number of aromatic hydroxyl groups is 1. The molecule has 8 heteroatoms. The zero-order chi connectivity index (χ0) is 20.9.